The second-order valence-electron chi connectivity index (χ2n) is 29.2. The normalized spacial score (nSPS) is 22.3. The van der Waals surface area contributed by atoms with Crippen molar-refractivity contribution in [3.63, 3.8) is 0 Å². The molecule has 0 bridgehead atoms. The van der Waals surface area contributed by atoms with Crippen molar-refractivity contribution in [1.29, 1.82) is 0 Å². The maximum absolute atomic E-state index is 15.0. The average Bonchev–Trinajstić information content (AvgIpc) is 0.757. The van der Waals surface area contributed by atoms with Crippen LogP contribution in [0.2, 0.25) is 10.1 Å². The molecule has 4 aromatic rings. The number of unbranched alkanes of at least 4 members (excludes halogenated alkanes) is 5. The number of azide groups is 2. The summed E-state index contributed by atoms with van der Waals surface area (Å²) in [7, 11) is -4.99. The van der Waals surface area contributed by atoms with Crippen LogP contribution in [-0.2, 0) is 75.9 Å². The van der Waals surface area contributed by atoms with Crippen LogP contribution in [0.25, 0.3) is 20.9 Å². The van der Waals surface area contributed by atoms with Crippen LogP contribution < -0.4 is 20.7 Å². The number of hydrogen-bond donors (Lipinski definition) is 4. The van der Waals surface area contributed by atoms with E-state index in [1.54, 1.807) is 13.8 Å². The Kier molecular flexibility index (Phi) is 39.6. The molecule has 108 heavy (non-hydrogen) atoms. The summed E-state index contributed by atoms with van der Waals surface area (Å²) in [5.41, 5.74) is 20.8. The Labute approximate surface area is 641 Å². The average molecular weight is 1550 g/mol. The maximum atomic E-state index is 15.0. The van der Waals surface area contributed by atoms with E-state index < -0.39 is 156 Å². The van der Waals surface area contributed by atoms with Crippen molar-refractivity contribution >= 4 is 49.3 Å². The predicted molar refractivity (Wildman–Crippen MR) is 416 cm³/mol. The zero-order valence-corrected chi connectivity index (χ0v) is 67.9. The molecule has 4 N–H and O–H groups in total. The molecule has 0 saturated carbocycles. The molecule has 2 aliphatic rings. The van der Waals surface area contributed by atoms with Gasteiger partial charge in [0.2, 0.25) is 0 Å². The lowest BCUT2D eigenvalue weighted by atomic mass is 9.91. The molecule has 28 heteroatoms. The van der Waals surface area contributed by atoms with Crippen molar-refractivity contribution in [2.24, 2.45) is 10.2 Å². The van der Waals surface area contributed by atoms with Crippen molar-refractivity contribution in [2.75, 3.05) is 67.1 Å². The first kappa shape index (κ1) is 91.1. The SMILES string of the molecule is CCCCOC1[C@H](OC(CO)OC(C(=O)OC)[C@H](O[C@H]2OC(CCC(C)(C)[Si](O)(c3ccccc3)c3ccccc3)[C@@H](OC(CO)OC(C(=O)OC)[C@@H](OCCCC)[C@H](C)OCCCC)C(OCCCC)[C@@H]2N=[N+]=[N-])[C@H](C)OCCCC)C(CCC(C)(C)[Si](O)(c2ccccc2)c2ccccc2)OC[C@H]1N=[N+]=[N-]. The van der Waals surface area contributed by atoms with Gasteiger partial charge in [0.25, 0.3) is 16.6 Å². The van der Waals surface area contributed by atoms with Crippen LogP contribution in [0.15, 0.2) is 132 Å². The van der Waals surface area contributed by atoms with E-state index in [4.69, 9.17) is 66.3 Å². The molecule has 0 radical (unpaired) electrons. The molecule has 2 aliphatic heterocycles. The second kappa shape index (κ2) is 46.9. The third-order valence-electron chi connectivity index (χ3n) is 20.8. The van der Waals surface area contributed by atoms with Gasteiger partial charge < -0.3 is 86.1 Å². The van der Waals surface area contributed by atoms with Gasteiger partial charge in [-0.1, -0.05) is 226 Å². The number of aliphatic hydroxyl groups is 2. The Morgan fingerprint density at radius 2 is 0.889 bits per heavy atom. The Morgan fingerprint density at radius 3 is 1.29 bits per heavy atom. The molecule has 2 fully saturated rings. The van der Waals surface area contributed by atoms with Gasteiger partial charge in [-0.05, 0) is 114 Å². The lowest BCUT2D eigenvalue weighted by Gasteiger charge is -2.48. The molecule has 0 aliphatic carbocycles. The molecule has 602 valence electrons. The molecule has 4 aromatic carbocycles. The Hall–Kier alpha value is -5.77. The quantitative estimate of drug-likeness (QED) is 0.00607. The van der Waals surface area contributed by atoms with Gasteiger partial charge in [-0.2, -0.15) is 0 Å². The highest BCUT2D eigenvalue weighted by Crippen LogP contribution is 2.45. The van der Waals surface area contributed by atoms with Gasteiger partial charge in [-0.25, -0.2) is 9.59 Å². The topological polar surface area (TPSA) is 342 Å². The molecular formula is C80H124N6O20Si2. The number of methoxy groups -OCH3 is 2. The molecule has 0 amide bonds. The van der Waals surface area contributed by atoms with Crippen LogP contribution in [0.5, 0.6) is 0 Å². The Bertz CT molecular complexity index is 3200. The van der Waals surface area contributed by atoms with Crippen molar-refractivity contribution in [2.45, 2.75) is 280 Å². The molecule has 17 atom stereocenters. The monoisotopic (exact) mass is 1540 g/mol. The minimum atomic E-state index is -3.78. The van der Waals surface area contributed by atoms with Crippen LogP contribution in [0.4, 0.5) is 0 Å². The molecular weight excluding hydrogens is 1420 g/mol. The van der Waals surface area contributed by atoms with Gasteiger partial charge in [-0.15, -0.1) is 0 Å². The fourth-order valence-corrected chi connectivity index (χ4v) is 21.7. The fraction of sp³-hybridized carbons (Fsp3) is 0.675. The number of carbonyl (C=O) groups is 2. The van der Waals surface area contributed by atoms with E-state index in [0.717, 1.165) is 60.0 Å². The molecule has 0 aromatic heterocycles. The van der Waals surface area contributed by atoms with Gasteiger partial charge in [0, 0.05) is 42.9 Å². The summed E-state index contributed by atoms with van der Waals surface area (Å²) in [6.45, 7) is 20.8. The molecule has 2 saturated heterocycles. The van der Waals surface area contributed by atoms with E-state index in [9.17, 15) is 40.5 Å². The molecule has 8 unspecified atom stereocenters. The third kappa shape index (κ3) is 24.6. The first-order valence-corrected chi connectivity index (χ1v) is 42.7. The predicted octanol–water partition coefficient (Wildman–Crippen LogP) is 11.0. The van der Waals surface area contributed by atoms with Gasteiger partial charge in [0.05, 0.1) is 76.7 Å². The third-order valence-corrected chi connectivity index (χ3v) is 29.9. The van der Waals surface area contributed by atoms with Gasteiger partial charge in [0.15, 0.2) is 31.1 Å². The van der Waals surface area contributed by atoms with E-state index in [0.29, 0.717) is 45.1 Å². The lowest BCUT2D eigenvalue weighted by Crippen LogP contribution is -2.66. The standard InChI is InChI=1S/C80H124N6O20Si2/c1-14-19-48-95-56(6)68(97-50-21-16-3)74(76(89)93-12)104-66(54-88)103-72-64(45-47-80(10,11)108(92,60-40-32-26-33-41-60)61-42-34-27-35-43-61)101-78(67(84-86-82)73(72)99-52-23-18-5)106-69(57(7)96-49-20-15-2)75(77(90)94-13)105-65(53-87)102-71-63(100-55-62(83-85-81)70(71)98-51-22-17-4)44-46-79(8,9)107(91,58-36-28-24-29-37-58)59-38-30-25-31-39-59/h24-43,56-57,62-75,78,87-88,91-92H,14-23,44-55H2,1-13H3/t56-,57-,62+,63?,64?,65?,66?,67-,68-,69+,70?,71+,72+,73?,74?,75?,78+/m0/s1. The van der Waals surface area contributed by atoms with E-state index in [2.05, 4.69) is 20.1 Å². The van der Waals surface area contributed by atoms with Crippen LogP contribution in [0.1, 0.15) is 166 Å². The number of benzene rings is 4. The Morgan fingerprint density at radius 1 is 0.519 bits per heavy atom. The minimum Gasteiger partial charge on any atom is -0.467 e. The molecule has 6 rings (SSSR count). The summed E-state index contributed by atoms with van der Waals surface area (Å²) < 4.78 is 92.0. The first-order chi connectivity index (χ1) is 52.1. The smallest absolute Gasteiger partial charge is 0.337 e. The molecule has 26 nitrogen and oxygen atoms in total. The second-order valence-corrected chi connectivity index (χ2v) is 37.1. The highest BCUT2D eigenvalue weighted by molar-refractivity contribution is 6.99. The maximum Gasteiger partial charge on any atom is 0.337 e. The largest absolute Gasteiger partial charge is 0.467 e. The van der Waals surface area contributed by atoms with E-state index in [1.807, 2.05) is 184 Å². The van der Waals surface area contributed by atoms with Gasteiger partial charge in [-0.3, -0.25) is 0 Å². The van der Waals surface area contributed by atoms with Gasteiger partial charge in [0.1, 0.15) is 30.5 Å². The Balaban J connectivity index is 1.50. The summed E-state index contributed by atoms with van der Waals surface area (Å²) in [5.74, 6) is -1.83. The van der Waals surface area contributed by atoms with E-state index in [1.165, 1.54) is 7.11 Å². The summed E-state index contributed by atoms with van der Waals surface area (Å²) in [6, 6.07) is 35.9. The lowest BCUT2D eigenvalue weighted by molar-refractivity contribution is -0.334. The molecule has 2 heterocycles. The summed E-state index contributed by atoms with van der Waals surface area (Å²) in [5, 5.41) is 33.1. The number of nitrogens with zero attached hydrogens (tertiary/aromatic N) is 6. The highest BCUT2D eigenvalue weighted by Gasteiger charge is 2.56. The zero-order valence-electron chi connectivity index (χ0n) is 65.9. The number of esters is 2. The number of hydrogen-bond acceptors (Lipinski definition) is 22. The highest BCUT2D eigenvalue weighted by atomic mass is 28.4. The summed E-state index contributed by atoms with van der Waals surface area (Å²) in [4.78, 5) is 62.6. The zero-order chi connectivity index (χ0) is 78.7. The van der Waals surface area contributed by atoms with E-state index >= 15 is 0 Å². The van der Waals surface area contributed by atoms with Crippen molar-refractivity contribution in [3.8, 4) is 0 Å². The van der Waals surface area contributed by atoms with Crippen molar-refractivity contribution in [3.05, 3.63) is 142 Å². The number of aliphatic hydroxyl groups excluding tert-OH is 2. The summed E-state index contributed by atoms with van der Waals surface area (Å²) >= 11 is 0. The minimum absolute atomic E-state index is 0.0530. The fourth-order valence-electron chi connectivity index (χ4n) is 14.2. The number of ether oxygens (including phenoxy) is 14. The van der Waals surface area contributed by atoms with Crippen LogP contribution in [0.3, 0.4) is 0 Å². The van der Waals surface area contributed by atoms with Crippen LogP contribution in [-0.4, -0.2) is 220 Å². The summed E-state index contributed by atoms with van der Waals surface area (Å²) in [6.07, 6.45) is -11.9. The van der Waals surface area contributed by atoms with Crippen LogP contribution >= 0.6 is 0 Å². The van der Waals surface area contributed by atoms with Crippen molar-refractivity contribution in [1.82, 2.24) is 0 Å². The van der Waals surface area contributed by atoms with Crippen molar-refractivity contribution < 1.29 is 95.7 Å². The number of carbonyl (C=O) groups excluding carboxylic acids is 2. The van der Waals surface area contributed by atoms with Gasteiger partial charge >= 0.3 is 11.9 Å². The number of rotatable bonds is 52. The van der Waals surface area contributed by atoms with E-state index in [-0.39, 0.29) is 52.3 Å². The van der Waals surface area contributed by atoms with Crippen LogP contribution in [0, 0.1) is 0 Å². The first-order valence-electron chi connectivity index (χ1n) is 38.8. The molecule has 0 spiro atoms.